The molecule has 0 unspecified atom stereocenters. The van der Waals surface area contributed by atoms with Gasteiger partial charge in [0.1, 0.15) is 0 Å². The number of rotatable bonds is 2. The Morgan fingerprint density at radius 1 is 1.75 bits per heavy atom. The van der Waals surface area contributed by atoms with Crippen molar-refractivity contribution in [2.45, 2.75) is 6.92 Å². The molecule has 0 aliphatic carbocycles. The van der Waals surface area contributed by atoms with E-state index in [0.717, 1.165) is 6.08 Å². The lowest BCUT2D eigenvalue weighted by Gasteiger charge is -1.82. The zero-order chi connectivity index (χ0) is 6.57. The maximum atomic E-state index is 9.84. The van der Waals surface area contributed by atoms with Crippen LogP contribution in [0.1, 0.15) is 6.92 Å². The molecule has 0 atom stereocenters. The summed E-state index contributed by atoms with van der Waals surface area (Å²) in [5, 5.41) is 8.09. The van der Waals surface area contributed by atoms with Crippen LogP contribution in [0.5, 0.6) is 0 Å². The molecular weight excluding hydrogens is 104 g/mol. The standard InChI is InChI=1S/C6H8O2/c1-3-5(2)4-6(7)8/h3-4H,1H2,2H3,(H,7,8)/b5-4+. The number of hydrogen-bond donors (Lipinski definition) is 1. The quantitative estimate of drug-likeness (QED) is 0.430. The summed E-state index contributed by atoms with van der Waals surface area (Å²) in [5.41, 5.74) is 0.664. The molecule has 2 heteroatoms. The van der Waals surface area contributed by atoms with Crippen molar-refractivity contribution in [2.75, 3.05) is 0 Å². The van der Waals surface area contributed by atoms with Gasteiger partial charge in [0.05, 0.1) is 0 Å². The molecule has 0 heterocycles. The molecule has 0 aromatic carbocycles. The molecule has 0 aromatic rings. The van der Waals surface area contributed by atoms with Gasteiger partial charge in [-0.25, -0.2) is 4.79 Å². The van der Waals surface area contributed by atoms with Gasteiger partial charge in [0.2, 0.25) is 0 Å². The number of carboxylic acids is 1. The van der Waals surface area contributed by atoms with Crippen LogP contribution in [0.15, 0.2) is 24.3 Å². The van der Waals surface area contributed by atoms with Crippen molar-refractivity contribution in [3.8, 4) is 0 Å². The first kappa shape index (κ1) is 6.95. The molecule has 0 aromatic heterocycles. The Morgan fingerprint density at radius 3 is 2.38 bits per heavy atom. The van der Waals surface area contributed by atoms with E-state index in [1.807, 2.05) is 0 Å². The van der Waals surface area contributed by atoms with Crippen LogP contribution >= 0.6 is 0 Å². The Balaban J connectivity index is 3.94. The van der Waals surface area contributed by atoms with Crippen LogP contribution in [0.3, 0.4) is 0 Å². The third-order valence-corrected chi connectivity index (χ3v) is 0.673. The fraction of sp³-hybridized carbons (Fsp3) is 0.167. The highest BCUT2D eigenvalue weighted by atomic mass is 16.4. The summed E-state index contributed by atoms with van der Waals surface area (Å²) in [6.45, 7) is 5.06. The molecule has 2 nitrogen and oxygen atoms in total. The van der Waals surface area contributed by atoms with E-state index in [-0.39, 0.29) is 0 Å². The van der Waals surface area contributed by atoms with Crippen LogP contribution in [-0.4, -0.2) is 11.1 Å². The summed E-state index contributed by atoms with van der Waals surface area (Å²) in [4.78, 5) is 9.84. The van der Waals surface area contributed by atoms with Crippen LogP contribution < -0.4 is 0 Å². The molecule has 8 heavy (non-hydrogen) atoms. The Hall–Kier alpha value is -1.05. The van der Waals surface area contributed by atoms with Crippen molar-refractivity contribution in [2.24, 2.45) is 0 Å². The third-order valence-electron chi connectivity index (χ3n) is 0.673. The fourth-order valence-corrected chi connectivity index (χ4v) is 0.254. The summed E-state index contributed by atoms with van der Waals surface area (Å²) in [7, 11) is 0. The van der Waals surface area contributed by atoms with E-state index < -0.39 is 5.97 Å². The maximum Gasteiger partial charge on any atom is 0.328 e. The SMILES string of the molecule is C=C/C(C)=C/C(=O)O. The monoisotopic (exact) mass is 112 g/mol. The zero-order valence-corrected chi connectivity index (χ0v) is 4.72. The largest absolute Gasteiger partial charge is 0.478 e. The molecule has 1 N–H and O–H groups in total. The first-order chi connectivity index (χ1) is 3.66. The highest BCUT2D eigenvalue weighted by Crippen LogP contribution is 1.89. The lowest BCUT2D eigenvalue weighted by Crippen LogP contribution is -1.87. The third kappa shape index (κ3) is 3.15. The van der Waals surface area contributed by atoms with Crippen molar-refractivity contribution in [1.82, 2.24) is 0 Å². The molecule has 0 spiro atoms. The molecule has 0 bridgehead atoms. The average Bonchev–Trinajstić information content (AvgIpc) is 1.65. The molecule has 0 rings (SSSR count). The van der Waals surface area contributed by atoms with Crippen LogP contribution in [-0.2, 0) is 4.79 Å². The van der Waals surface area contributed by atoms with Gasteiger partial charge in [-0.1, -0.05) is 12.7 Å². The predicted octanol–water partition coefficient (Wildman–Crippen LogP) is 1.20. The van der Waals surface area contributed by atoms with Gasteiger partial charge in [-0.05, 0) is 12.5 Å². The maximum absolute atomic E-state index is 9.84. The molecular formula is C6H8O2. The minimum atomic E-state index is -0.928. The Morgan fingerprint density at radius 2 is 2.25 bits per heavy atom. The van der Waals surface area contributed by atoms with Gasteiger partial charge < -0.3 is 5.11 Å². The van der Waals surface area contributed by atoms with Crippen molar-refractivity contribution in [3.05, 3.63) is 24.3 Å². The van der Waals surface area contributed by atoms with Gasteiger partial charge in [0.25, 0.3) is 0 Å². The number of carboxylic acid groups (broad SMARTS) is 1. The summed E-state index contributed by atoms with van der Waals surface area (Å²) >= 11 is 0. The molecule has 0 aliphatic heterocycles. The second-order valence-electron chi connectivity index (χ2n) is 1.43. The molecule has 44 valence electrons. The van der Waals surface area contributed by atoms with Crippen molar-refractivity contribution in [3.63, 3.8) is 0 Å². The summed E-state index contributed by atoms with van der Waals surface area (Å²) in [6.07, 6.45) is 2.60. The normalized spacial score (nSPS) is 10.9. The topological polar surface area (TPSA) is 37.3 Å². The number of allylic oxidation sites excluding steroid dienone is 2. The molecule has 0 saturated heterocycles. The summed E-state index contributed by atoms with van der Waals surface area (Å²) < 4.78 is 0. The fourth-order valence-electron chi connectivity index (χ4n) is 0.254. The van der Waals surface area contributed by atoms with E-state index in [1.54, 1.807) is 6.92 Å². The minimum Gasteiger partial charge on any atom is -0.478 e. The Labute approximate surface area is 48.1 Å². The lowest BCUT2D eigenvalue weighted by atomic mass is 10.3. The van der Waals surface area contributed by atoms with Crippen LogP contribution in [0.2, 0.25) is 0 Å². The zero-order valence-electron chi connectivity index (χ0n) is 4.72. The van der Waals surface area contributed by atoms with Gasteiger partial charge in [0, 0.05) is 6.08 Å². The first-order valence-corrected chi connectivity index (χ1v) is 2.20. The van der Waals surface area contributed by atoms with Crippen molar-refractivity contribution in [1.29, 1.82) is 0 Å². The summed E-state index contributed by atoms with van der Waals surface area (Å²) in [5.74, 6) is -0.928. The van der Waals surface area contributed by atoms with Crippen LogP contribution in [0.25, 0.3) is 0 Å². The lowest BCUT2D eigenvalue weighted by molar-refractivity contribution is -0.131. The van der Waals surface area contributed by atoms with E-state index in [4.69, 9.17) is 5.11 Å². The van der Waals surface area contributed by atoms with Gasteiger partial charge in [0.15, 0.2) is 0 Å². The van der Waals surface area contributed by atoms with Gasteiger partial charge in [-0.15, -0.1) is 0 Å². The highest BCUT2D eigenvalue weighted by Gasteiger charge is 1.85. The van der Waals surface area contributed by atoms with E-state index >= 15 is 0 Å². The molecule has 0 saturated carbocycles. The van der Waals surface area contributed by atoms with Crippen molar-refractivity contribution < 1.29 is 9.90 Å². The Bertz CT molecular complexity index is 133. The van der Waals surface area contributed by atoms with Gasteiger partial charge in [-0.3, -0.25) is 0 Å². The number of aliphatic carboxylic acids is 1. The van der Waals surface area contributed by atoms with Crippen LogP contribution in [0, 0.1) is 0 Å². The minimum absolute atomic E-state index is 0.664. The van der Waals surface area contributed by atoms with E-state index in [0.29, 0.717) is 5.57 Å². The molecule has 0 fully saturated rings. The number of carbonyl (C=O) groups is 1. The molecule has 0 amide bonds. The van der Waals surface area contributed by atoms with Gasteiger partial charge >= 0.3 is 5.97 Å². The number of hydrogen-bond acceptors (Lipinski definition) is 1. The highest BCUT2D eigenvalue weighted by molar-refractivity contribution is 5.81. The van der Waals surface area contributed by atoms with E-state index in [1.165, 1.54) is 6.08 Å². The van der Waals surface area contributed by atoms with Crippen LogP contribution in [0.4, 0.5) is 0 Å². The second kappa shape index (κ2) is 3.02. The predicted molar refractivity (Wildman–Crippen MR) is 31.6 cm³/mol. The Kier molecular flexibility index (Phi) is 2.62. The van der Waals surface area contributed by atoms with Crippen molar-refractivity contribution >= 4 is 5.97 Å². The van der Waals surface area contributed by atoms with E-state index in [2.05, 4.69) is 6.58 Å². The molecule has 0 radical (unpaired) electrons. The van der Waals surface area contributed by atoms with Gasteiger partial charge in [-0.2, -0.15) is 0 Å². The second-order valence-corrected chi connectivity index (χ2v) is 1.43. The average molecular weight is 112 g/mol. The molecule has 0 aliphatic rings. The summed E-state index contributed by atoms with van der Waals surface area (Å²) in [6, 6.07) is 0. The van der Waals surface area contributed by atoms with E-state index in [9.17, 15) is 4.79 Å². The smallest absolute Gasteiger partial charge is 0.328 e. The first-order valence-electron chi connectivity index (χ1n) is 2.20.